The van der Waals surface area contributed by atoms with E-state index < -0.39 is 30.5 Å². The van der Waals surface area contributed by atoms with Crippen LogP contribution in [-0.4, -0.2) is 22.4 Å². The topological polar surface area (TPSA) is 44.1 Å². The van der Waals surface area contributed by atoms with Crippen molar-refractivity contribution in [3.8, 4) is 0 Å². The predicted molar refractivity (Wildman–Crippen MR) is 65.1 cm³/mol. The van der Waals surface area contributed by atoms with Crippen molar-refractivity contribution in [1.82, 2.24) is 9.78 Å². The zero-order chi connectivity index (χ0) is 16.3. The average Bonchev–Trinajstić information content (AvgIpc) is 3.15. The summed E-state index contributed by atoms with van der Waals surface area (Å²) in [6.45, 7) is -0.730. The maximum absolute atomic E-state index is 12.7. The van der Waals surface area contributed by atoms with Crippen molar-refractivity contribution in [3.63, 3.8) is 0 Å². The van der Waals surface area contributed by atoms with Crippen LogP contribution in [0.15, 0.2) is 18.2 Å². The lowest BCUT2D eigenvalue weighted by Gasteiger charge is -2.06. The summed E-state index contributed by atoms with van der Waals surface area (Å²) in [5.41, 5.74) is -0.705. The molecule has 1 fully saturated rings. The van der Waals surface area contributed by atoms with E-state index in [4.69, 9.17) is 0 Å². The summed E-state index contributed by atoms with van der Waals surface area (Å²) < 4.78 is 67.2. The van der Waals surface area contributed by atoms with Crippen LogP contribution >= 0.6 is 0 Å². The van der Waals surface area contributed by atoms with Crippen LogP contribution in [0.1, 0.15) is 36.6 Å². The van der Waals surface area contributed by atoms with Crippen LogP contribution in [0, 0.1) is 0 Å². The third kappa shape index (κ3) is 4.54. The van der Waals surface area contributed by atoms with Gasteiger partial charge in [0.1, 0.15) is 6.54 Å². The van der Waals surface area contributed by atoms with Gasteiger partial charge >= 0.3 is 12.1 Å². The molecule has 22 heavy (non-hydrogen) atoms. The van der Waals surface area contributed by atoms with Gasteiger partial charge in [-0.15, -0.1) is 0 Å². The molecule has 0 atom stereocenters. The Hall–Kier alpha value is -1.93. The van der Waals surface area contributed by atoms with E-state index in [9.17, 15) is 26.7 Å². The Morgan fingerprint density at radius 1 is 1.41 bits per heavy atom. The summed E-state index contributed by atoms with van der Waals surface area (Å²) in [4.78, 5) is 11.5. The molecule has 0 bridgehead atoms. The molecule has 1 aromatic heterocycles. The summed E-state index contributed by atoms with van der Waals surface area (Å²) in [5, 5.41) is 3.40. The van der Waals surface area contributed by atoms with Crippen molar-refractivity contribution in [2.24, 2.45) is 0 Å². The Bertz CT molecular complexity index is 571. The van der Waals surface area contributed by atoms with Crippen molar-refractivity contribution >= 4 is 5.97 Å². The third-order valence-electron chi connectivity index (χ3n) is 3.06. The van der Waals surface area contributed by atoms with Crippen molar-refractivity contribution in [1.29, 1.82) is 0 Å². The highest BCUT2D eigenvalue weighted by Crippen LogP contribution is 2.42. The van der Waals surface area contributed by atoms with Gasteiger partial charge in [0.2, 0.25) is 0 Å². The van der Waals surface area contributed by atoms with E-state index in [2.05, 4.69) is 9.84 Å². The molecule has 0 radical (unpaired) electrons. The van der Waals surface area contributed by atoms with Gasteiger partial charge in [-0.1, -0.05) is 0 Å². The van der Waals surface area contributed by atoms with Gasteiger partial charge in [0.15, 0.2) is 5.69 Å². The summed E-state index contributed by atoms with van der Waals surface area (Å²) in [6, 6.07) is 0.937. The smallest absolute Gasteiger partial charge is 0.435 e. The quantitative estimate of drug-likeness (QED) is 0.457. The maximum Gasteiger partial charge on any atom is 0.435 e. The summed E-state index contributed by atoms with van der Waals surface area (Å²) in [7, 11) is 0. The predicted octanol–water partition coefficient (Wildman–Crippen LogP) is 3.49. The molecule has 0 aromatic carbocycles. The third-order valence-corrected chi connectivity index (χ3v) is 3.06. The molecule has 1 aliphatic carbocycles. The monoisotopic (exact) mass is 324 g/mol. The Morgan fingerprint density at radius 3 is 2.64 bits per heavy atom. The number of hydrogen-bond acceptors (Lipinski definition) is 3. The first-order valence-corrected chi connectivity index (χ1v) is 6.59. The number of halogens is 5. The van der Waals surface area contributed by atoms with Gasteiger partial charge in [0.05, 0.1) is 6.61 Å². The molecule has 9 heteroatoms. The normalized spacial score (nSPS) is 14.8. The largest absolute Gasteiger partial charge is 0.464 e. The molecule has 0 aliphatic heterocycles. The number of aromatic nitrogens is 2. The Morgan fingerprint density at radius 2 is 2.09 bits per heavy atom. The second kappa shape index (κ2) is 6.45. The van der Waals surface area contributed by atoms with E-state index >= 15 is 0 Å². The van der Waals surface area contributed by atoms with E-state index in [1.165, 1.54) is 0 Å². The van der Waals surface area contributed by atoms with E-state index in [1.54, 1.807) is 0 Å². The van der Waals surface area contributed by atoms with Crippen molar-refractivity contribution in [2.45, 2.75) is 37.9 Å². The lowest BCUT2D eigenvalue weighted by atomic mass is 10.2. The molecule has 1 heterocycles. The number of rotatable bonds is 6. The first-order valence-electron chi connectivity index (χ1n) is 6.59. The fourth-order valence-corrected chi connectivity index (χ4v) is 1.91. The van der Waals surface area contributed by atoms with Crippen LogP contribution in [0.3, 0.4) is 0 Å². The summed E-state index contributed by atoms with van der Waals surface area (Å²) in [6.07, 6.45) is -4.52. The molecular formula is C13H13F5N2O2. The SMILES string of the molecule is O=C(Cn1nc(C(F)(F)F)cc1C1CC1)OCCC=C(F)F. The molecule has 0 unspecified atom stereocenters. The van der Waals surface area contributed by atoms with Crippen molar-refractivity contribution < 1.29 is 31.5 Å². The number of carbonyl (C=O) groups is 1. The van der Waals surface area contributed by atoms with Crippen molar-refractivity contribution in [3.05, 3.63) is 29.6 Å². The van der Waals surface area contributed by atoms with Crippen molar-refractivity contribution in [2.75, 3.05) is 6.61 Å². The molecule has 4 nitrogen and oxygen atoms in total. The van der Waals surface area contributed by atoms with Crippen LogP contribution in [0.4, 0.5) is 22.0 Å². The lowest BCUT2D eigenvalue weighted by molar-refractivity contribution is -0.146. The molecule has 0 spiro atoms. The van der Waals surface area contributed by atoms with Gasteiger partial charge in [0.25, 0.3) is 6.08 Å². The summed E-state index contributed by atoms with van der Waals surface area (Å²) >= 11 is 0. The second-order valence-corrected chi connectivity index (χ2v) is 4.89. The van der Waals surface area contributed by atoms with Crippen LogP contribution < -0.4 is 0 Å². The maximum atomic E-state index is 12.7. The average molecular weight is 324 g/mol. The van der Waals surface area contributed by atoms with E-state index in [1.807, 2.05) is 0 Å². The van der Waals surface area contributed by atoms with Crippen LogP contribution in [0.2, 0.25) is 0 Å². The fourth-order valence-electron chi connectivity index (χ4n) is 1.91. The van der Waals surface area contributed by atoms with E-state index in [0.29, 0.717) is 11.8 Å². The highest BCUT2D eigenvalue weighted by Gasteiger charge is 2.38. The molecule has 2 rings (SSSR count). The van der Waals surface area contributed by atoms with Gasteiger partial charge in [-0.2, -0.15) is 27.1 Å². The number of ether oxygens (including phenoxy) is 1. The number of nitrogens with zero attached hydrogens (tertiary/aromatic N) is 2. The van der Waals surface area contributed by atoms with Gasteiger partial charge in [-0.3, -0.25) is 9.48 Å². The van der Waals surface area contributed by atoms with Gasteiger partial charge in [0, 0.05) is 18.0 Å². The second-order valence-electron chi connectivity index (χ2n) is 4.89. The summed E-state index contributed by atoms with van der Waals surface area (Å²) in [5.74, 6) is -0.841. The Balaban J connectivity index is 1.98. The molecule has 0 N–H and O–H groups in total. The number of hydrogen-bond donors (Lipinski definition) is 0. The van der Waals surface area contributed by atoms with Crippen LogP contribution in [-0.2, 0) is 22.3 Å². The van der Waals surface area contributed by atoms with E-state index in [-0.39, 0.29) is 18.9 Å². The molecule has 1 aliphatic rings. The molecule has 1 aromatic rings. The van der Waals surface area contributed by atoms with E-state index in [0.717, 1.165) is 23.6 Å². The van der Waals surface area contributed by atoms with Crippen LogP contribution in [0.5, 0.6) is 0 Å². The number of esters is 1. The minimum Gasteiger partial charge on any atom is -0.464 e. The molecule has 0 saturated heterocycles. The number of carbonyl (C=O) groups excluding carboxylic acids is 1. The molecule has 122 valence electrons. The standard InChI is InChI=1S/C13H13F5N2O2/c14-11(15)2-1-5-22-12(21)7-20-9(8-3-4-8)6-10(19-20)13(16,17)18/h2,6,8H,1,3-5,7H2. The molecule has 0 amide bonds. The minimum atomic E-state index is -4.58. The minimum absolute atomic E-state index is 0.0278. The lowest BCUT2D eigenvalue weighted by Crippen LogP contribution is -2.17. The zero-order valence-electron chi connectivity index (χ0n) is 11.4. The van der Waals surface area contributed by atoms with Gasteiger partial charge in [-0.05, 0) is 25.0 Å². The molecule has 1 saturated carbocycles. The highest BCUT2D eigenvalue weighted by molar-refractivity contribution is 5.69. The Labute approximate surface area is 122 Å². The number of alkyl halides is 3. The highest BCUT2D eigenvalue weighted by atomic mass is 19.4. The zero-order valence-corrected chi connectivity index (χ0v) is 11.4. The Kier molecular flexibility index (Phi) is 4.82. The first kappa shape index (κ1) is 16.4. The van der Waals surface area contributed by atoms with Gasteiger partial charge < -0.3 is 4.74 Å². The molecular weight excluding hydrogens is 311 g/mol. The first-order chi connectivity index (χ1) is 10.3. The van der Waals surface area contributed by atoms with Gasteiger partial charge in [-0.25, -0.2) is 0 Å². The fraction of sp³-hybridized carbons (Fsp3) is 0.538. The van der Waals surface area contributed by atoms with Crippen LogP contribution in [0.25, 0.3) is 0 Å².